The number of para-hydroxylation sites is 2. The molecule has 1 amide bonds. The second-order valence-corrected chi connectivity index (χ2v) is 8.38. The van der Waals surface area contributed by atoms with Crippen molar-refractivity contribution in [1.29, 1.82) is 0 Å². The van der Waals surface area contributed by atoms with Crippen LogP contribution in [0, 0.1) is 5.92 Å². The molecule has 1 atom stereocenters. The fourth-order valence-electron chi connectivity index (χ4n) is 3.97. The highest BCUT2D eigenvalue weighted by Gasteiger charge is 2.23. The third-order valence-electron chi connectivity index (χ3n) is 5.41. The predicted octanol–water partition coefficient (Wildman–Crippen LogP) is 4.22. The summed E-state index contributed by atoms with van der Waals surface area (Å²) in [6.07, 6.45) is 2.16. The molecule has 0 spiro atoms. The largest absolute Gasteiger partial charge is 0.504 e. The average Bonchev–Trinajstić information content (AvgIpc) is 2.75. The molecule has 2 aromatic rings. The van der Waals surface area contributed by atoms with Crippen LogP contribution in [-0.4, -0.2) is 48.3 Å². The Kier molecular flexibility index (Phi) is 8.18. The quantitative estimate of drug-likeness (QED) is 0.628. The molecular weight excluding hydrogens is 392 g/mol. The molecule has 6 nitrogen and oxygen atoms in total. The number of hydrogen-bond donors (Lipinski definition) is 2. The summed E-state index contributed by atoms with van der Waals surface area (Å²) in [5.41, 5.74) is 1.45. The molecular formula is C25H34N2O4. The number of nitrogens with zero attached hydrogens (tertiary/aromatic N) is 1. The van der Waals surface area contributed by atoms with E-state index >= 15 is 0 Å². The Hall–Kier alpha value is -2.73. The molecule has 1 aliphatic heterocycles. The first-order valence-electron chi connectivity index (χ1n) is 11.2. The summed E-state index contributed by atoms with van der Waals surface area (Å²) in [4.78, 5) is 14.8. The number of ether oxygens (including phenoxy) is 2. The highest BCUT2D eigenvalue weighted by Crippen LogP contribution is 2.31. The Balaban J connectivity index is 1.59. The molecule has 0 bridgehead atoms. The topological polar surface area (TPSA) is 71.0 Å². The number of nitrogens with one attached hydrogen (secondary N) is 1. The Morgan fingerprint density at radius 2 is 1.94 bits per heavy atom. The summed E-state index contributed by atoms with van der Waals surface area (Å²) in [5, 5.41) is 13.4. The van der Waals surface area contributed by atoms with Crippen LogP contribution in [0.2, 0.25) is 0 Å². The maximum Gasteiger partial charge on any atom is 0.255 e. The Morgan fingerprint density at radius 3 is 2.71 bits per heavy atom. The van der Waals surface area contributed by atoms with Crippen molar-refractivity contribution in [3.63, 3.8) is 0 Å². The summed E-state index contributed by atoms with van der Waals surface area (Å²) < 4.78 is 11.6. The van der Waals surface area contributed by atoms with Crippen LogP contribution in [0.1, 0.15) is 49.5 Å². The third kappa shape index (κ3) is 6.37. The van der Waals surface area contributed by atoms with Gasteiger partial charge < -0.3 is 19.9 Å². The fraction of sp³-hybridized carbons (Fsp3) is 0.480. The van der Waals surface area contributed by atoms with Gasteiger partial charge in [0.15, 0.2) is 11.5 Å². The monoisotopic (exact) mass is 426 g/mol. The second kappa shape index (κ2) is 11.0. The van der Waals surface area contributed by atoms with Crippen LogP contribution in [0.15, 0.2) is 42.5 Å². The zero-order valence-electron chi connectivity index (χ0n) is 18.8. The van der Waals surface area contributed by atoms with E-state index in [4.69, 9.17) is 9.47 Å². The zero-order valence-corrected chi connectivity index (χ0v) is 18.8. The molecule has 1 saturated heterocycles. The minimum absolute atomic E-state index is 0.0742. The number of likely N-dealkylation sites (tertiary alicyclic amines) is 1. The minimum atomic E-state index is -0.111. The number of carbonyl (C=O) groups is 1. The highest BCUT2D eigenvalue weighted by molar-refractivity contribution is 5.97. The van der Waals surface area contributed by atoms with Gasteiger partial charge in [-0.3, -0.25) is 9.69 Å². The van der Waals surface area contributed by atoms with Gasteiger partial charge in [-0.15, -0.1) is 0 Å². The molecule has 0 aliphatic carbocycles. The first kappa shape index (κ1) is 22.9. The van der Waals surface area contributed by atoms with E-state index in [-0.39, 0.29) is 17.7 Å². The van der Waals surface area contributed by atoms with Crippen LogP contribution in [0.3, 0.4) is 0 Å². The average molecular weight is 427 g/mol. The summed E-state index contributed by atoms with van der Waals surface area (Å²) in [6.45, 7) is 9.44. The van der Waals surface area contributed by atoms with Crippen molar-refractivity contribution < 1.29 is 19.4 Å². The maximum atomic E-state index is 12.5. The van der Waals surface area contributed by atoms with Gasteiger partial charge in [0.05, 0.1) is 18.8 Å². The Labute approximate surface area is 185 Å². The Bertz CT molecular complexity index is 868. The third-order valence-corrected chi connectivity index (χ3v) is 5.41. The molecule has 1 aliphatic rings. The van der Waals surface area contributed by atoms with Gasteiger partial charge in [-0.25, -0.2) is 0 Å². The number of hydrogen-bond acceptors (Lipinski definition) is 5. The van der Waals surface area contributed by atoms with Gasteiger partial charge in [-0.05, 0) is 58.4 Å². The molecule has 1 heterocycles. The standard InChI is InChI=1S/C25H34N2O4/c1-4-30-23-13-7-10-20(24(23)28)16-27-14-8-9-19(15-27)17-31-22-12-6-5-11-21(22)25(29)26-18(2)3/h5-7,10-13,18-19,28H,4,8-9,14-17H2,1-3H3,(H,26,29). The van der Waals surface area contributed by atoms with E-state index in [2.05, 4.69) is 10.2 Å². The molecule has 0 saturated carbocycles. The maximum absolute atomic E-state index is 12.5. The van der Waals surface area contributed by atoms with E-state index < -0.39 is 0 Å². The smallest absolute Gasteiger partial charge is 0.255 e. The number of phenols is 1. The predicted molar refractivity (Wildman–Crippen MR) is 122 cm³/mol. The highest BCUT2D eigenvalue weighted by atomic mass is 16.5. The van der Waals surface area contributed by atoms with E-state index in [1.807, 2.05) is 51.1 Å². The van der Waals surface area contributed by atoms with Crippen molar-refractivity contribution in [2.75, 3.05) is 26.3 Å². The molecule has 1 unspecified atom stereocenters. The number of benzene rings is 2. The summed E-state index contributed by atoms with van der Waals surface area (Å²) >= 11 is 0. The number of carbonyl (C=O) groups excluding carboxylic acids is 1. The number of amides is 1. The molecule has 3 rings (SSSR count). The van der Waals surface area contributed by atoms with Gasteiger partial charge >= 0.3 is 0 Å². The van der Waals surface area contributed by atoms with Crippen molar-refractivity contribution in [2.24, 2.45) is 5.92 Å². The first-order valence-corrected chi connectivity index (χ1v) is 11.2. The molecule has 0 aromatic heterocycles. The molecule has 0 radical (unpaired) electrons. The SMILES string of the molecule is CCOc1cccc(CN2CCCC(COc3ccccc3C(=O)NC(C)C)C2)c1O. The van der Waals surface area contributed by atoms with Gasteiger partial charge in [0.25, 0.3) is 5.91 Å². The summed E-state index contributed by atoms with van der Waals surface area (Å²) in [5.74, 6) is 1.65. The van der Waals surface area contributed by atoms with Gasteiger partial charge in [0.1, 0.15) is 5.75 Å². The van der Waals surface area contributed by atoms with E-state index in [0.717, 1.165) is 31.5 Å². The molecule has 6 heteroatoms. The van der Waals surface area contributed by atoms with E-state index in [9.17, 15) is 9.90 Å². The molecule has 2 aromatic carbocycles. The lowest BCUT2D eigenvalue weighted by atomic mass is 9.98. The van der Waals surface area contributed by atoms with E-state index in [0.29, 0.717) is 42.7 Å². The summed E-state index contributed by atoms with van der Waals surface area (Å²) in [6, 6.07) is 13.1. The number of rotatable bonds is 9. The molecule has 1 fully saturated rings. The molecule has 168 valence electrons. The van der Waals surface area contributed by atoms with E-state index in [1.165, 1.54) is 0 Å². The van der Waals surface area contributed by atoms with Gasteiger partial charge in [0.2, 0.25) is 0 Å². The van der Waals surface area contributed by atoms with Crippen LogP contribution < -0.4 is 14.8 Å². The normalized spacial score (nSPS) is 16.8. The first-order chi connectivity index (χ1) is 15.0. The lowest BCUT2D eigenvalue weighted by Crippen LogP contribution is -2.37. The van der Waals surface area contributed by atoms with Crippen molar-refractivity contribution in [3.8, 4) is 17.2 Å². The van der Waals surface area contributed by atoms with Crippen LogP contribution in [0.5, 0.6) is 17.2 Å². The number of phenolic OH excluding ortho intramolecular Hbond substituents is 1. The lowest BCUT2D eigenvalue weighted by molar-refractivity contribution is 0.0932. The van der Waals surface area contributed by atoms with Gasteiger partial charge in [-0.1, -0.05) is 24.3 Å². The zero-order chi connectivity index (χ0) is 22.2. The second-order valence-electron chi connectivity index (χ2n) is 8.38. The number of piperidine rings is 1. The van der Waals surface area contributed by atoms with Crippen LogP contribution in [-0.2, 0) is 6.54 Å². The van der Waals surface area contributed by atoms with E-state index in [1.54, 1.807) is 12.1 Å². The van der Waals surface area contributed by atoms with Crippen LogP contribution in [0.4, 0.5) is 0 Å². The van der Waals surface area contributed by atoms with Gasteiger partial charge in [0, 0.05) is 30.6 Å². The van der Waals surface area contributed by atoms with Crippen LogP contribution >= 0.6 is 0 Å². The molecule has 31 heavy (non-hydrogen) atoms. The number of aromatic hydroxyl groups is 1. The van der Waals surface area contributed by atoms with Crippen LogP contribution in [0.25, 0.3) is 0 Å². The van der Waals surface area contributed by atoms with Gasteiger partial charge in [-0.2, -0.15) is 0 Å². The minimum Gasteiger partial charge on any atom is -0.504 e. The Morgan fingerprint density at radius 1 is 1.16 bits per heavy atom. The summed E-state index contributed by atoms with van der Waals surface area (Å²) in [7, 11) is 0. The lowest BCUT2D eigenvalue weighted by Gasteiger charge is -2.33. The van der Waals surface area contributed by atoms with Crippen molar-refractivity contribution in [2.45, 2.75) is 46.2 Å². The van der Waals surface area contributed by atoms with Crippen molar-refractivity contribution in [1.82, 2.24) is 10.2 Å². The van der Waals surface area contributed by atoms with Crippen molar-refractivity contribution >= 4 is 5.91 Å². The fourth-order valence-corrected chi connectivity index (χ4v) is 3.97. The van der Waals surface area contributed by atoms with Crippen molar-refractivity contribution in [3.05, 3.63) is 53.6 Å². The molecule has 2 N–H and O–H groups in total.